The van der Waals surface area contributed by atoms with Crippen LogP contribution >= 0.6 is 23.2 Å². The Morgan fingerprint density at radius 3 is 1.81 bits per heavy atom. The van der Waals surface area contributed by atoms with Gasteiger partial charge in [0.1, 0.15) is 0 Å². The molecule has 2 saturated carbocycles. The fourth-order valence-corrected chi connectivity index (χ4v) is 6.83. The summed E-state index contributed by atoms with van der Waals surface area (Å²) in [6, 6.07) is 17.7. The summed E-state index contributed by atoms with van der Waals surface area (Å²) in [6.45, 7) is 5.62. The van der Waals surface area contributed by atoms with Crippen molar-refractivity contribution in [1.29, 1.82) is 0 Å². The molecule has 0 bridgehead atoms. The van der Waals surface area contributed by atoms with Crippen LogP contribution in [0.4, 0.5) is 0 Å². The van der Waals surface area contributed by atoms with Gasteiger partial charge in [-0.15, -0.1) is 23.2 Å². The Morgan fingerprint density at radius 2 is 1.28 bits per heavy atom. The van der Waals surface area contributed by atoms with Crippen LogP contribution in [0.1, 0.15) is 87.0 Å². The molecule has 2 aliphatic carbocycles. The molecule has 0 aliphatic heterocycles. The largest absolute Gasteiger partial charge is 0.303 e. The van der Waals surface area contributed by atoms with Crippen molar-refractivity contribution in [2.45, 2.75) is 87.3 Å². The van der Waals surface area contributed by atoms with Gasteiger partial charge in [-0.25, -0.2) is 0 Å². The first kappa shape index (κ1) is 24.1. The van der Waals surface area contributed by atoms with Crippen molar-refractivity contribution in [1.82, 2.24) is 4.90 Å². The Morgan fingerprint density at radius 1 is 0.719 bits per heavy atom. The van der Waals surface area contributed by atoms with Crippen molar-refractivity contribution in [3.63, 3.8) is 0 Å². The molecule has 2 aromatic rings. The number of alkyl halides is 2. The summed E-state index contributed by atoms with van der Waals surface area (Å²) >= 11 is 14.5. The maximum atomic E-state index is 7.26. The van der Waals surface area contributed by atoms with E-state index in [1.165, 1.54) is 47.9 Å². The maximum Gasteiger partial charge on any atom is 0.0697 e. The third kappa shape index (κ3) is 5.54. The number of hydrogen-bond donors (Lipinski definition) is 0. The van der Waals surface area contributed by atoms with Crippen LogP contribution in [-0.4, -0.2) is 24.5 Å². The van der Waals surface area contributed by atoms with Gasteiger partial charge < -0.3 is 4.90 Å². The lowest BCUT2D eigenvalue weighted by Gasteiger charge is -2.31. The molecule has 3 heteroatoms. The summed E-state index contributed by atoms with van der Waals surface area (Å²) in [5, 5.41) is 0. The minimum absolute atomic E-state index is 0.186. The number of hydrogen-bond acceptors (Lipinski definition) is 1. The van der Waals surface area contributed by atoms with E-state index < -0.39 is 0 Å². The molecule has 0 atom stereocenters. The third-order valence-corrected chi connectivity index (χ3v) is 9.00. The lowest BCUT2D eigenvalue weighted by atomic mass is 9.82. The first-order chi connectivity index (χ1) is 15.5. The van der Waals surface area contributed by atoms with E-state index in [0.29, 0.717) is 0 Å². The highest BCUT2D eigenvalue weighted by Gasteiger charge is 2.40. The van der Waals surface area contributed by atoms with Gasteiger partial charge >= 0.3 is 0 Å². The van der Waals surface area contributed by atoms with E-state index in [4.69, 9.17) is 23.2 Å². The van der Waals surface area contributed by atoms with Gasteiger partial charge in [-0.3, -0.25) is 0 Å². The number of nitrogens with zero attached hydrogens (tertiary/aromatic N) is 1. The van der Waals surface area contributed by atoms with Gasteiger partial charge in [0.05, 0.1) is 9.75 Å². The topological polar surface area (TPSA) is 3.24 Å². The predicted octanol–water partition coefficient (Wildman–Crippen LogP) is 8.20. The lowest BCUT2D eigenvalue weighted by Crippen LogP contribution is -2.28. The van der Waals surface area contributed by atoms with Crippen LogP contribution in [0, 0.1) is 0 Å². The summed E-state index contributed by atoms with van der Waals surface area (Å²) in [5.74, 6) is 0. The minimum atomic E-state index is -0.186. The summed E-state index contributed by atoms with van der Waals surface area (Å²) < 4.78 is 0. The number of rotatable bonds is 10. The van der Waals surface area contributed by atoms with Crippen molar-refractivity contribution in [3.05, 3.63) is 70.8 Å². The first-order valence-corrected chi connectivity index (χ1v) is 13.6. The van der Waals surface area contributed by atoms with Gasteiger partial charge in [0.15, 0.2) is 0 Å². The number of likely N-dealkylation sites (N-methyl/N-ethyl adjacent to an activating group) is 1. The van der Waals surface area contributed by atoms with Crippen LogP contribution in [0.25, 0.3) is 0 Å². The average Bonchev–Trinajstić information content (AvgIpc) is 3.46. The summed E-state index contributed by atoms with van der Waals surface area (Å²) in [6.07, 6.45) is 12.7. The first-order valence-electron chi connectivity index (χ1n) is 12.8. The second-order valence-corrected chi connectivity index (χ2v) is 11.4. The van der Waals surface area contributed by atoms with Crippen LogP contribution < -0.4 is 0 Å². The zero-order chi connectivity index (χ0) is 22.4. The number of benzene rings is 2. The molecule has 0 saturated heterocycles. The van der Waals surface area contributed by atoms with Gasteiger partial charge in [-0.1, -0.05) is 81.1 Å². The molecule has 0 spiro atoms. The van der Waals surface area contributed by atoms with E-state index in [-0.39, 0.29) is 9.75 Å². The van der Waals surface area contributed by atoms with E-state index in [9.17, 15) is 0 Å². The predicted molar refractivity (Wildman–Crippen MR) is 139 cm³/mol. The van der Waals surface area contributed by atoms with Gasteiger partial charge in [0, 0.05) is 6.54 Å². The lowest BCUT2D eigenvalue weighted by molar-refractivity contribution is 0.288. The van der Waals surface area contributed by atoms with E-state index in [1.54, 1.807) is 0 Å². The van der Waals surface area contributed by atoms with Crippen molar-refractivity contribution in [2.75, 3.05) is 19.6 Å². The van der Waals surface area contributed by atoms with E-state index in [2.05, 4.69) is 60.4 Å². The molecule has 2 aromatic carbocycles. The zero-order valence-electron chi connectivity index (χ0n) is 19.7. The van der Waals surface area contributed by atoms with Crippen molar-refractivity contribution in [2.24, 2.45) is 0 Å². The smallest absolute Gasteiger partial charge is 0.0697 e. The quantitative estimate of drug-likeness (QED) is 0.315. The summed E-state index contributed by atoms with van der Waals surface area (Å²) in [4.78, 5) is 2.22. The highest BCUT2D eigenvalue weighted by molar-refractivity contribution is 6.25. The highest BCUT2D eigenvalue weighted by atomic mass is 35.5. The van der Waals surface area contributed by atoms with Crippen LogP contribution in [0.15, 0.2) is 48.5 Å². The van der Waals surface area contributed by atoms with E-state index >= 15 is 0 Å². The molecule has 0 unspecified atom stereocenters. The molecule has 2 aliphatic rings. The van der Waals surface area contributed by atoms with Gasteiger partial charge in [0.25, 0.3) is 0 Å². The van der Waals surface area contributed by atoms with Crippen LogP contribution in [0.2, 0.25) is 0 Å². The Labute approximate surface area is 205 Å². The molecular weight excluding hydrogens is 433 g/mol. The third-order valence-electron chi connectivity index (χ3n) is 7.84. The van der Waals surface area contributed by atoms with Crippen molar-refractivity contribution >= 4 is 23.2 Å². The summed E-state index contributed by atoms with van der Waals surface area (Å²) in [5.41, 5.74) is 5.66. The monoisotopic (exact) mass is 471 g/mol. The van der Waals surface area contributed by atoms with Gasteiger partial charge in [0.2, 0.25) is 0 Å². The average molecular weight is 473 g/mol. The fourth-order valence-electron chi connectivity index (χ4n) is 5.94. The molecule has 0 radical (unpaired) electrons. The molecule has 0 N–H and O–H groups in total. The fraction of sp³-hybridized carbons (Fsp3) is 0.586. The standard InChI is InChI=1S/C29H39Cl2N/c1-2-32(23-17-24-12-4-3-5-13-24)22-11-14-25-26(28(30)18-6-7-19-28)15-10-16-27(25)29(31)20-8-9-21-29/h3-5,10,12-13,15-16H,2,6-9,11,14,17-23H2,1H3. The Balaban J connectivity index is 1.48. The normalized spacial score (nSPS) is 19.6. The summed E-state index contributed by atoms with van der Waals surface area (Å²) in [7, 11) is 0. The maximum absolute atomic E-state index is 7.26. The van der Waals surface area contributed by atoms with Crippen LogP contribution in [0.3, 0.4) is 0 Å². The second-order valence-electron chi connectivity index (χ2n) is 9.95. The van der Waals surface area contributed by atoms with Crippen molar-refractivity contribution in [3.8, 4) is 0 Å². The molecule has 1 nitrogen and oxygen atoms in total. The Hall–Kier alpha value is -1.02. The molecule has 32 heavy (non-hydrogen) atoms. The molecular formula is C29H39Cl2N. The molecule has 0 aromatic heterocycles. The minimum Gasteiger partial charge on any atom is -0.303 e. The Bertz CT molecular complexity index is 810. The molecule has 174 valence electrons. The number of halogens is 2. The van der Waals surface area contributed by atoms with Crippen LogP contribution in [-0.2, 0) is 22.6 Å². The Kier molecular flexibility index (Phi) is 8.24. The molecule has 4 rings (SSSR count). The van der Waals surface area contributed by atoms with Gasteiger partial charge in [-0.05, 0) is 80.3 Å². The van der Waals surface area contributed by atoms with E-state index in [1.807, 2.05) is 0 Å². The molecule has 0 heterocycles. The van der Waals surface area contributed by atoms with E-state index in [0.717, 1.165) is 64.6 Å². The van der Waals surface area contributed by atoms with Crippen LogP contribution in [0.5, 0.6) is 0 Å². The van der Waals surface area contributed by atoms with Gasteiger partial charge in [-0.2, -0.15) is 0 Å². The second kappa shape index (κ2) is 10.9. The van der Waals surface area contributed by atoms with Crippen molar-refractivity contribution < 1.29 is 0 Å². The zero-order valence-corrected chi connectivity index (χ0v) is 21.2. The molecule has 2 fully saturated rings. The molecule has 0 amide bonds. The SMILES string of the molecule is CCN(CCCc1c(C2(Cl)CCCC2)cccc1C1(Cl)CCCC1)CCc1ccccc1. The highest BCUT2D eigenvalue weighted by Crippen LogP contribution is 2.51.